The van der Waals surface area contributed by atoms with Gasteiger partial charge in [-0.1, -0.05) is 18.6 Å². The number of fused-ring (bicyclic) bond motifs is 1. The number of aliphatic carboxylic acids is 1. The Kier molecular flexibility index (Phi) is 5.62. The van der Waals surface area contributed by atoms with E-state index in [0.29, 0.717) is 19.3 Å². The molecule has 0 aromatic carbocycles. The second-order valence-corrected chi connectivity index (χ2v) is 5.44. The normalized spacial score (nSPS) is 19.5. The zero-order valence-electron chi connectivity index (χ0n) is 13.2. The van der Waals surface area contributed by atoms with Crippen LogP contribution in [0.25, 0.3) is 0 Å². The van der Waals surface area contributed by atoms with Crippen LogP contribution in [0.4, 0.5) is 4.79 Å². The summed E-state index contributed by atoms with van der Waals surface area (Å²) in [5.41, 5.74) is 0.463. The Morgan fingerprint density at radius 2 is 2.04 bits per heavy atom. The quantitative estimate of drug-likeness (QED) is 0.555. The molecule has 2 aliphatic rings. The van der Waals surface area contributed by atoms with Crippen molar-refractivity contribution in [2.75, 3.05) is 13.7 Å². The molecule has 1 aliphatic heterocycles. The van der Waals surface area contributed by atoms with Gasteiger partial charge in [0.2, 0.25) is 5.91 Å². The van der Waals surface area contributed by atoms with Gasteiger partial charge in [0.1, 0.15) is 0 Å². The molecule has 0 radical (unpaired) electrons. The van der Waals surface area contributed by atoms with Gasteiger partial charge in [0.15, 0.2) is 0 Å². The van der Waals surface area contributed by atoms with Crippen LogP contribution in [-0.2, 0) is 19.1 Å². The fraction of sp³-hybridized carbons (Fsp3) is 0.438. The largest absolute Gasteiger partial charge is 0.481 e. The van der Waals surface area contributed by atoms with Crippen molar-refractivity contribution in [1.82, 2.24) is 4.90 Å². The Morgan fingerprint density at radius 3 is 2.71 bits per heavy atom. The third-order valence-corrected chi connectivity index (χ3v) is 3.77. The van der Waals surface area contributed by atoms with Crippen LogP contribution in [-0.4, -0.2) is 53.2 Å². The molecule has 0 aromatic heterocycles. The third kappa shape index (κ3) is 3.95. The van der Waals surface area contributed by atoms with Crippen molar-refractivity contribution < 1.29 is 29.0 Å². The highest BCUT2D eigenvalue weighted by molar-refractivity contribution is 6.23. The lowest BCUT2D eigenvalue weighted by molar-refractivity contribution is -0.137. The minimum absolute atomic E-state index is 0.0661. The standard InChI is InChI=1S/C16H18N2O6/c1-24-15(22)10-6-7-11-12(9-10)17-16(23)18(14(11)21)8-4-2-3-5-13(19)20/h6-7,9,11H,2-5,8H2,1H3,(H,19,20). The predicted octanol–water partition coefficient (Wildman–Crippen LogP) is 1.32. The summed E-state index contributed by atoms with van der Waals surface area (Å²) in [4.78, 5) is 51.3. The highest BCUT2D eigenvalue weighted by Crippen LogP contribution is 2.23. The molecule has 1 N–H and O–H groups in total. The van der Waals surface area contributed by atoms with E-state index in [4.69, 9.17) is 5.11 Å². The number of aliphatic imine (C=N–C) groups is 1. The zero-order chi connectivity index (χ0) is 17.7. The van der Waals surface area contributed by atoms with Crippen LogP contribution in [0.2, 0.25) is 0 Å². The molecular formula is C16H18N2O6. The second kappa shape index (κ2) is 7.67. The lowest BCUT2D eigenvalue weighted by atomic mass is 9.92. The molecule has 3 amide bonds. The molecule has 8 nitrogen and oxygen atoms in total. The van der Waals surface area contributed by atoms with Crippen LogP contribution in [0.5, 0.6) is 0 Å². The smallest absolute Gasteiger partial charge is 0.350 e. The Hall–Kier alpha value is -2.77. The minimum atomic E-state index is -0.866. The van der Waals surface area contributed by atoms with Crippen molar-refractivity contribution in [3.63, 3.8) is 0 Å². The van der Waals surface area contributed by atoms with Crippen molar-refractivity contribution in [1.29, 1.82) is 0 Å². The van der Waals surface area contributed by atoms with E-state index in [-0.39, 0.29) is 30.2 Å². The van der Waals surface area contributed by atoms with Crippen LogP contribution in [0.3, 0.4) is 0 Å². The minimum Gasteiger partial charge on any atom is -0.481 e. The molecule has 2 rings (SSSR count). The molecular weight excluding hydrogens is 316 g/mol. The first-order chi connectivity index (χ1) is 11.4. The number of urea groups is 1. The maximum Gasteiger partial charge on any atom is 0.350 e. The summed E-state index contributed by atoms with van der Waals surface area (Å²) in [5.74, 6) is -2.50. The summed E-state index contributed by atoms with van der Waals surface area (Å²) < 4.78 is 4.60. The second-order valence-electron chi connectivity index (χ2n) is 5.44. The number of esters is 1. The summed E-state index contributed by atoms with van der Waals surface area (Å²) in [6.45, 7) is 0.200. The number of allylic oxidation sites excluding steroid dienone is 1. The predicted molar refractivity (Wildman–Crippen MR) is 83.4 cm³/mol. The van der Waals surface area contributed by atoms with Crippen molar-refractivity contribution in [2.24, 2.45) is 10.9 Å². The lowest BCUT2D eigenvalue weighted by Crippen LogP contribution is -2.46. The Morgan fingerprint density at radius 1 is 1.29 bits per heavy atom. The van der Waals surface area contributed by atoms with Gasteiger partial charge < -0.3 is 9.84 Å². The molecule has 8 heteroatoms. The lowest BCUT2D eigenvalue weighted by Gasteiger charge is -2.28. The molecule has 0 bridgehead atoms. The average Bonchev–Trinajstić information content (AvgIpc) is 2.55. The molecule has 0 fully saturated rings. The first-order valence-electron chi connectivity index (χ1n) is 7.58. The van der Waals surface area contributed by atoms with E-state index in [0.717, 1.165) is 4.90 Å². The number of nitrogens with zero attached hydrogens (tertiary/aromatic N) is 2. The fourth-order valence-electron chi connectivity index (χ4n) is 2.51. The molecule has 0 saturated heterocycles. The van der Waals surface area contributed by atoms with E-state index in [1.807, 2.05) is 0 Å². The van der Waals surface area contributed by atoms with Gasteiger partial charge in [-0.05, 0) is 18.9 Å². The third-order valence-electron chi connectivity index (χ3n) is 3.77. The number of rotatable bonds is 7. The number of carbonyl (C=O) groups excluding carboxylic acids is 3. The first-order valence-corrected chi connectivity index (χ1v) is 7.58. The molecule has 1 heterocycles. The number of methoxy groups -OCH3 is 1. The van der Waals surface area contributed by atoms with Gasteiger partial charge >= 0.3 is 18.0 Å². The van der Waals surface area contributed by atoms with Gasteiger partial charge in [0.25, 0.3) is 0 Å². The molecule has 0 aromatic rings. The summed E-state index contributed by atoms with van der Waals surface area (Å²) >= 11 is 0. The fourth-order valence-corrected chi connectivity index (χ4v) is 2.51. The van der Waals surface area contributed by atoms with Gasteiger partial charge in [0.05, 0.1) is 24.3 Å². The van der Waals surface area contributed by atoms with Gasteiger partial charge in [-0.3, -0.25) is 14.5 Å². The Balaban J connectivity index is 2.01. The molecule has 1 unspecified atom stereocenters. The van der Waals surface area contributed by atoms with Crippen molar-refractivity contribution in [3.8, 4) is 0 Å². The monoisotopic (exact) mass is 334 g/mol. The molecule has 1 atom stereocenters. The summed E-state index contributed by atoms with van der Waals surface area (Å²) in [6.07, 6.45) is 6.08. The van der Waals surface area contributed by atoms with Crippen LogP contribution >= 0.6 is 0 Å². The van der Waals surface area contributed by atoms with Gasteiger partial charge in [-0.15, -0.1) is 0 Å². The van der Waals surface area contributed by atoms with Gasteiger partial charge in [0, 0.05) is 13.0 Å². The maximum atomic E-state index is 12.4. The first kappa shape index (κ1) is 17.6. The topological polar surface area (TPSA) is 113 Å². The van der Waals surface area contributed by atoms with Gasteiger partial charge in [-0.2, -0.15) is 4.99 Å². The maximum absolute atomic E-state index is 12.4. The van der Waals surface area contributed by atoms with Crippen molar-refractivity contribution in [3.05, 3.63) is 23.8 Å². The average molecular weight is 334 g/mol. The molecule has 0 saturated carbocycles. The SMILES string of the molecule is COC(=O)C1=CC2=NC(=O)N(CCCCCC(=O)O)C(=O)C2C=C1. The van der Waals surface area contributed by atoms with E-state index in [1.165, 1.54) is 25.3 Å². The number of imide groups is 1. The van der Waals surface area contributed by atoms with E-state index in [1.54, 1.807) is 0 Å². The number of carbonyl (C=O) groups is 4. The van der Waals surface area contributed by atoms with Crippen LogP contribution in [0.1, 0.15) is 25.7 Å². The number of amides is 3. The highest BCUT2D eigenvalue weighted by atomic mass is 16.5. The Bertz CT molecular complexity index is 661. The number of carboxylic acid groups (broad SMARTS) is 1. The van der Waals surface area contributed by atoms with E-state index < -0.39 is 23.9 Å². The van der Waals surface area contributed by atoms with Crippen molar-refractivity contribution in [2.45, 2.75) is 25.7 Å². The highest BCUT2D eigenvalue weighted by Gasteiger charge is 2.36. The van der Waals surface area contributed by atoms with Crippen LogP contribution in [0.15, 0.2) is 28.8 Å². The molecule has 128 valence electrons. The van der Waals surface area contributed by atoms with Crippen LogP contribution in [0, 0.1) is 5.92 Å². The number of hydrogen-bond acceptors (Lipinski definition) is 5. The Labute approximate surface area is 138 Å². The number of carboxylic acids is 1. The van der Waals surface area contributed by atoms with Gasteiger partial charge in [-0.25, -0.2) is 9.59 Å². The van der Waals surface area contributed by atoms with E-state index >= 15 is 0 Å². The molecule has 0 spiro atoms. The molecule has 1 aliphatic carbocycles. The summed E-state index contributed by atoms with van der Waals surface area (Å²) in [5, 5.41) is 8.57. The van der Waals surface area contributed by atoms with Crippen molar-refractivity contribution >= 4 is 29.6 Å². The van der Waals surface area contributed by atoms with E-state index in [9.17, 15) is 19.2 Å². The summed E-state index contributed by atoms with van der Waals surface area (Å²) in [7, 11) is 1.24. The molecule has 24 heavy (non-hydrogen) atoms. The number of ether oxygens (including phenoxy) is 1. The number of hydrogen-bond donors (Lipinski definition) is 1. The van der Waals surface area contributed by atoms with Crippen LogP contribution < -0.4 is 0 Å². The summed E-state index contributed by atoms with van der Waals surface area (Å²) in [6, 6.07) is -0.666. The van der Waals surface area contributed by atoms with E-state index in [2.05, 4.69) is 9.73 Å². The number of unbranched alkanes of at least 4 members (excludes halogenated alkanes) is 2. The zero-order valence-corrected chi connectivity index (χ0v) is 13.2.